The number of benzene rings is 1. The summed E-state index contributed by atoms with van der Waals surface area (Å²) in [5, 5.41) is 0. The molecule has 0 fully saturated rings. The normalized spacial score (nSPS) is 10.5. The van der Waals surface area contributed by atoms with Crippen LogP contribution in [0.3, 0.4) is 0 Å². The maximum Gasteiger partial charge on any atom is 0.326 e. The Morgan fingerprint density at radius 2 is 2.40 bits per heavy atom. The average Bonchev–Trinajstić information content (AvgIpc) is 2.53. The van der Waals surface area contributed by atoms with Crippen molar-refractivity contribution in [3.05, 3.63) is 41.3 Å². The first kappa shape index (κ1) is 9.58. The molecule has 0 bridgehead atoms. The van der Waals surface area contributed by atoms with Gasteiger partial charge in [0.25, 0.3) is 0 Å². The largest absolute Gasteiger partial charge is 0.487 e. The summed E-state index contributed by atoms with van der Waals surface area (Å²) in [5.41, 5.74) is 1.42. The fourth-order valence-corrected chi connectivity index (χ4v) is 1.53. The highest BCUT2D eigenvalue weighted by molar-refractivity contribution is 5.81. The number of nitrogens with one attached hydrogen (secondary N) is 1. The van der Waals surface area contributed by atoms with Crippen molar-refractivity contribution >= 4 is 11.0 Å². The minimum Gasteiger partial charge on any atom is -0.487 e. The second-order valence-corrected chi connectivity index (χ2v) is 3.24. The number of rotatable bonds is 3. The number of ether oxygens (including phenoxy) is 1. The summed E-state index contributed by atoms with van der Waals surface area (Å²) in [6, 6.07) is 5.52. The summed E-state index contributed by atoms with van der Waals surface area (Å²) >= 11 is 0. The van der Waals surface area contributed by atoms with Crippen molar-refractivity contribution in [2.45, 2.75) is 0 Å². The molecule has 4 nitrogen and oxygen atoms in total. The Morgan fingerprint density at radius 3 is 3.13 bits per heavy atom. The lowest BCUT2D eigenvalue weighted by atomic mass is 10.3. The highest BCUT2D eigenvalue weighted by Crippen LogP contribution is 2.22. The number of hydrogen-bond acceptors (Lipinski definition) is 2. The van der Waals surface area contributed by atoms with Gasteiger partial charge in [-0.15, -0.1) is 0 Å². The number of fused-ring (bicyclic) bond motifs is 1. The van der Waals surface area contributed by atoms with Crippen LogP contribution in [0.15, 0.2) is 35.6 Å². The van der Waals surface area contributed by atoms with Crippen LogP contribution in [0.2, 0.25) is 0 Å². The predicted octanol–water partition coefficient (Wildman–Crippen LogP) is 1.43. The van der Waals surface area contributed by atoms with E-state index in [0.717, 1.165) is 11.0 Å². The van der Waals surface area contributed by atoms with Crippen molar-refractivity contribution in [1.29, 1.82) is 0 Å². The standard InChI is InChI=1S/C11H12N2O2/c1-3-7-15-9-6-4-5-8-10(9)13(2)11(14)12-8/h3-6H,1,7H2,2H3,(H,12,14). The first-order valence-electron chi connectivity index (χ1n) is 4.65. The number of H-pyrrole nitrogens is 1. The van der Waals surface area contributed by atoms with Crippen LogP contribution in [0.1, 0.15) is 0 Å². The topological polar surface area (TPSA) is 47.0 Å². The van der Waals surface area contributed by atoms with Crippen LogP contribution in [-0.2, 0) is 7.05 Å². The third-order valence-electron chi connectivity index (χ3n) is 2.24. The van der Waals surface area contributed by atoms with Gasteiger partial charge < -0.3 is 9.72 Å². The maximum atomic E-state index is 11.4. The van der Waals surface area contributed by atoms with Crippen LogP contribution < -0.4 is 10.4 Å². The number of aryl methyl sites for hydroxylation is 1. The molecule has 1 heterocycles. The van der Waals surface area contributed by atoms with E-state index in [0.29, 0.717) is 12.4 Å². The molecule has 15 heavy (non-hydrogen) atoms. The zero-order valence-electron chi connectivity index (χ0n) is 8.49. The molecule has 0 aliphatic rings. The van der Waals surface area contributed by atoms with E-state index in [1.54, 1.807) is 13.1 Å². The van der Waals surface area contributed by atoms with Crippen LogP contribution in [-0.4, -0.2) is 16.2 Å². The molecule has 0 amide bonds. The van der Waals surface area contributed by atoms with E-state index in [1.807, 2.05) is 18.2 Å². The molecule has 0 saturated carbocycles. The average molecular weight is 204 g/mol. The quantitative estimate of drug-likeness (QED) is 0.769. The van der Waals surface area contributed by atoms with Crippen molar-refractivity contribution in [3.63, 3.8) is 0 Å². The zero-order valence-corrected chi connectivity index (χ0v) is 8.49. The van der Waals surface area contributed by atoms with Crippen LogP contribution in [0.5, 0.6) is 5.75 Å². The first-order chi connectivity index (χ1) is 7.24. The van der Waals surface area contributed by atoms with Crippen LogP contribution >= 0.6 is 0 Å². The van der Waals surface area contributed by atoms with E-state index in [1.165, 1.54) is 4.57 Å². The highest BCUT2D eigenvalue weighted by Gasteiger charge is 2.07. The van der Waals surface area contributed by atoms with E-state index in [2.05, 4.69) is 11.6 Å². The number of hydrogen-bond donors (Lipinski definition) is 1. The Bertz CT molecular complexity index is 551. The van der Waals surface area contributed by atoms with Gasteiger partial charge in [0.05, 0.1) is 5.52 Å². The molecule has 0 aliphatic heterocycles. The molecule has 78 valence electrons. The van der Waals surface area contributed by atoms with Gasteiger partial charge in [0, 0.05) is 7.05 Å². The molecule has 0 radical (unpaired) electrons. The summed E-state index contributed by atoms with van der Waals surface area (Å²) in [5.74, 6) is 0.688. The molecule has 0 atom stereocenters. The van der Waals surface area contributed by atoms with E-state index in [4.69, 9.17) is 4.74 Å². The monoisotopic (exact) mass is 204 g/mol. The molecule has 0 unspecified atom stereocenters. The Hall–Kier alpha value is -1.97. The van der Waals surface area contributed by atoms with Gasteiger partial charge in [0.2, 0.25) is 0 Å². The lowest BCUT2D eigenvalue weighted by Crippen LogP contribution is -2.12. The molecular formula is C11H12N2O2. The van der Waals surface area contributed by atoms with Gasteiger partial charge in [-0.25, -0.2) is 4.79 Å². The van der Waals surface area contributed by atoms with Gasteiger partial charge >= 0.3 is 5.69 Å². The summed E-state index contributed by atoms with van der Waals surface area (Å²) in [6.45, 7) is 4.01. The number of nitrogens with zero attached hydrogens (tertiary/aromatic N) is 1. The zero-order chi connectivity index (χ0) is 10.8. The molecule has 4 heteroatoms. The van der Waals surface area contributed by atoms with Crippen molar-refractivity contribution in [2.75, 3.05) is 6.61 Å². The highest BCUT2D eigenvalue weighted by atomic mass is 16.5. The predicted molar refractivity (Wildman–Crippen MR) is 59.2 cm³/mol. The lowest BCUT2D eigenvalue weighted by molar-refractivity contribution is 0.366. The third kappa shape index (κ3) is 1.54. The Kier molecular flexibility index (Phi) is 2.33. The number of aromatic nitrogens is 2. The molecule has 0 spiro atoms. The fourth-order valence-electron chi connectivity index (χ4n) is 1.53. The summed E-state index contributed by atoms with van der Waals surface area (Å²) in [7, 11) is 1.71. The Labute approximate surface area is 86.8 Å². The minimum absolute atomic E-state index is 0.139. The minimum atomic E-state index is -0.139. The molecule has 1 N–H and O–H groups in total. The second kappa shape index (κ2) is 3.65. The molecular weight excluding hydrogens is 192 g/mol. The van der Waals surface area contributed by atoms with E-state index in [-0.39, 0.29) is 5.69 Å². The van der Waals surface area contributed by atoms with Gasteiger partial charge in [-0.2, -0.15) is 0 Å². The van der Waals surface area contributed by atoms with Crippen molar-refractivity contribution in [2.24, 2.45) is 7.05 Å². The molecule has 1 aromatic carbocycles. The molecule has 0 saturated heterocycles. The number of imidazole rings is 1. The molecule has 2 aromatic rings. The van der Waals surface area contributed by atoms with Crippen molar-refractivity contribution in [3.8, 4) is 5.75 Å². The van der Waals surface area contributed by atoms with Crippen molar-refractivity contribution in [1.82, 2.24) is 9.55 Å². The van der Waals surface area contributed by atoms with Crippen LogP contribution in [0, 0.1) is 0 Å². The maximum absolute atomic E-state index is 11.4. The van der Waals surface area contributed by atoms with Gasteiger partial charge in [0.1, 0.15) is 17.9 Å². The fraction of sp³-hybridized carbons (Fsp3) is 0.182. The molecule has 1 aromatic heterocycles. The Balaban J connectivity index is 2.63. The molecule has 2 rings (SSSR count). The van der Waals surface area contributed by atoms with Crippen molar-refractivity contribution < 1.29 is 4.74 Å². The van der Waals surface area contributed by atoms with E-state index >= 15 is 0 Å². The van der Waals surface area contributed by atoms with Gasteiger partial charge in [-0.05, 0) is 12.1 Å². The number of para-hydroxylation sites is 1. The van der Waals surface area contributed by atoms with Crippen LogP contribution in [0.4, 0.5) is 0 Å². The van der Waals surface area contributed by atoms with Crippen LogP contribution in [0.25, 0.3) is 11.0 Å². The van der Waals surface area contributed by atoms with E-state index in [9.17, 15) is 4.79 Å². The summed E-state index contributed by atoms with van der Waals surface area (Å²) in [4.78, 5) is 14.1. The smallest absolute Gasteiger partial charge is 0.326 e. The number of aromatic amines is 1. The Morgan fingerprint density at radius 1 is 1.60 bits per heavy atom. The first-order valence-corrected chi connectivity index (χ1v) is 4.65. The SMILES string of the molecule is C=CCOc1cccc2[nH]c(=O)n(C)c12. The third-order valence-corrected chi connectivity index (χ3v) is 2.24. The summed E-state index contributed by atoms with van der Waals surface area (Å²) in [6.07, 6.45) is 1.67. The molecule has 0 aliphatic carbocycles. The lowest BCUT2D eigenvalue weighted by Gasteiger charge is -2.05. The summed E-state index contributed by atoms with van der Waals surface area (Å²) < 4.78 is 7.00. The second-order valence-electron chi connectivity index (χ2n) is 3.24. The van der Waals surface area contributed by atoms with Gasteiger partial charge in [0.15, 0.2) is 0 Å². The van der Waals surface area contributed by atoms with Gasteiger partial charge in [-0.1, -0.05) is 18.7 Å². The van der Waals surface area contributed by atoms with Gasteiger partial charge in [-0.3, -0.25) is 4.57 Å². The van der Waals surface area contributed by atoms with E-state index < -0.39 is 0 Å².